The van der Waals surface area contributed by atoms with Crippen molar-refractivity contribution in [2.45, 2.75) is 31.5 Å². The maximum Gasteiger partial charge on any atom is 0.168 e. The van der Waals surface area contributed by atoms with Gasteiger partial charge < -0.3 is 14.6 Å². The molecule has 1 heterocycles. The van der Waals surface area contributed by atoms with E-state index in [0.29, 0.717) is 5.92 Å². The minimum absolute atomic E-state index is 0.0852. The van der Waals surface area contributed by atoms with Crippen molar-refractivity contribution in [1.82, 2.24) is 0 Å². The highest BCUT2D eigenvalue weighted by Crippen LogP contribution is 2.40. The van der Waals surface area contributed by atoms with Crippen LogP contribution in [0, 0.1) is 5.92 Å². The van der Waals surface area contributed by atoms with Crippen molar-refractivity contribution in [2.75, 3.05) is 19.8 Å². The number of hydrogen-bond acceptors (Lipinski definition) is 3. The van der Waals surface area contributed by atoms with Crippen LogP contribution < -0.4 is 0 Å². The van der Waals surface area contributed by atoms with E-state index in [1.807, 2.05) is 6.08 Å². The Morgan fingerprint density at radius 1 is 1.31 bits per heavy atom. The molecule has 1 aliphatic carbocycles. The molecule has 1 saturated heterocycles. The first-order valence-electron chi connectivity index (χ1n) is 6.00. The first kappa shape index (κ1) is 11.8. The van der Waals surface area contributed by atoms with Crippen molar-refractivity contribution < 1.29 is 14.6 Å². The lowest BCUT2D eigenvalue weighted by atomic mass is 9.81. The van der Waals surface area contributed by atoms with Gasteiger partial charge in [-0.15, -0.1) is 0 Å². The summed E-state index contributed by atoms with van der Waals surface area (Å²) in [4.78, 5) is 0. The number of rotatable bonds is 3. The zero-order valence-electron chi connectivity index (χ0n) is 9.65. The summed E-state index contributed by atoms with van der Waals surface area (Å²) in [6, 6.07) is 0. The molecule has 2 rings (SSSR count). The molecule has 0 aromatic carbocycles. The van der Waals surface area contributed by atoms with Gasteiger partial charge in [-0.25, -0.2) is 0 Å². The van der Waals surface area contributed by atoms with Crippen LogP contribution >= 0.6 is 0 Å². The smallest absolute Gasteiger partial charge is 0.168 e. The van der Waals surface area contributed by atoms with Gasteiger partial charge in [0.05, 0.1) is 19.8 Å². The molecule has 2 aliphatic rings. The average Bonchev–Trinajstić information content (AvgIpc) is 2.75. The van der Waals surface area contributed by atoms with E-state index in [-0.39, 0.29) is 12.4 Å². The van der Waals surface area contributed by atoms with E-state index in [2.05, 4.69) is 6.58 Å². The van der Waals surface area contributed by atoms with E-state index in [1.165, 1.54) is 0 Å². The summed E-state index contributed by atoms with van der Waals surface area (Å²) < 4.78 is 11.4. The van der Waals surface area contributed by atoms with E-state index < -0.39 is 0 Å². The van der Waals surface area contributed by atoms with Crippen LogP contribution in [0.1, 0.15) is 25.7 Å². The number of allylic oxidation sites excluding steroid dienone is 2. The molecular weight excluding hydrogens is 204 g/mol. The van der Waals surface area contributed by atoms with Crippen LogP contribution in [0.25, 0.3) is 0 Å². The van der Waals surface area contributed by atoms with Crippen molar-refractivity contribution in [1.29, 1.82) is 0 Å². The molecule has 0 aromatic heterocycles. The summed E-state index contributed by atoms with van der Waals surface area (Å²) in [5, 5.41) is 8.71. The van der Waals surface area contributed by atoms with Crippen LogP contribution in [-0.2, 0) is 9.47 Å². The van der Waals surface area contributed by atoms with E-state index in [9.17, 15) is 0 Å². The summed E-state index contributed by atoms with van der Waals surface area (Å²) in [6.07, 6.45) is 7.73. The standard InChI is InChI=1S/C13H20O3/c1-11(3-2-8-14)12-4-6-13(7-5-12)15-9-10-16-13/h2-3,12,14H,1,4-10H2/b3-2+. The van der Waals surface area contributed by atoms with Gasteiger partial charge in [0.15, 0.2) is 5.79 Å². The Hall–Kier alpha value is -0.640. The molecule has 0 atom stereocenters. The van der Waals surface area contributed by atoms with Crippen LogP contribution in [0.15, 0.2) is 24.3 Å². The lowest BCUT2D eigenvalue weighted by molar-refractivity contribution is -0.180. The fraction of sp³-hybridized carbons (Fsp3) is 0.692. The molecule has 90 valence electrons. The minimum Gasteiger partial charge on any atom is -0.392 e. The Labute approximate surface area is 96.7 Å². The first-order valence-corrected chi connectivity index (χ1v) is 6.00. The fourth-order valence-corrected chi connectivity index (χ4v) is 2.55. The zero-order chi connectivity index (χ0) is 11.4. The van der Waals surface area contributed by atoms with E-state index in [1.54, 1.807) is 6.08 Å². The first-order chi connectivity index (χ1) is 7.76. The van der Waals surface area contributed by atoms with Crippen molar-refractivity contribution in [2.24, 2.45) is 5.92 Å². The lowest BCUT2D eigenvalue weighted by Gasteiger charge is -2.35. The van der Waals surface area contributed by atoms with Gasteiger partial charge in [0.1, 0.15) is 0 Å². The Kier molecular flexibility index (Phi) is 3.79. The molecule has 3 nitrogen and oxygen atoms in total. The van der Waals surface area contributed by atoms with Gasteiger partial charge in [-0.3, -0.25) is 0 Å². The van der Waals surface area contributed by atoms with Crippen molar-refractivity contribution in [3.63, 3.8) is 0 Å². The largest absolute Gasteiger partial charge is 0.392 e. The summed E-state index contributed by atoms with van der Waals surface area (Å²) in [7, 11) is 0. The topological polar surface area (TPSA) is 38.7 Å². The average molecular weight is 224 g/mol. The third-order valence-corrected chi connectivity index (χ3v) is 3.52. The van der Waals surface area contributed by atoms with Crippen molar-refractivity contribution in [3.05, 3.63) is 24.3 Å². The minimum atomic E-state index is -0.280. The van der Waals surface area contributed by atoms with Gasteiger partial charge in [0.2, 0.25) is 0 Å². The van der Waals surface area contributed by atoms with Gasteiger partial charge >= 0.3 is 0 Å². The number of aliphatic hydroxyl groups excluding tert-OH is 1. The molecular formula is C13H20O3. The van der Waals surface area contributed by atoms with Crippen molar-refractivity contribution in [3.8, 4) is 0 Å². The Morgan fingerprint density at radius 3 is 2.50 bits per heavy atom. The Morgan fingerprint density at radius 2 is 1.94 bits per heavy atom. The molecule has 0 radical (unpaired) electrons. The quantitative estimate of drug-likeness (QED) is 0.745. The molecule has 2 fully saturated rings. The van der Waals surface area contributed by atoms with E-state index in [4.69, 9.17) is 14.6 Å². The molecule has 1 saturated carbocycles. The van der Waals surface area contributed by atoms with E-state index in [0.717, 1.165) is 44.5 Å². The highest BCUT2D eigenvalue weighted by molar-refractivity contribution is 5.18. The highest BCUT2D eigenvalue weighted by Gasteiger charge is 2.40. The fourth-order valence-electron chi connectivity index (χ4n) is 2.55. The molecule has 0 aromatic rings. The highest BCUT2D eigenvalue weighted by atomic mass is 16.7. The second-order valence-corrected chi connectivity index (χ2v) is 4.54. The Balaban J connectivity index is 1.85. The van der Waals surface area contributed by atoms with Crippen LogP contribution in [-0.4, -0.2) is 30.7 Å². The predicted octanol–water partition coefficient (Wildman–Crippen LogP) is 2.02. The molecule has 0 amide bonds. The van der Waals surface area contributed by atoms with Crippen LogP contribution in [0.4, 0.5) is 0 Å². The van der Waals surface area contributed by atoms with E-state index >= 15 is 0 Å². The zero-order valence-corrected chi connectivity index (χ0v) is 9.65. The normalized spacial score (nSPS) is 25.6. The second kappa shape index (κ2) is 5.13. The third kappa shape index (κ3) is 2.54. The molecule has 1 N–H and O–H groups in total. The second-order valence-electron chi connectivity index (χ2n) is 4.54. The van der Waals surface area contributed by atoms with Crippen LogP contribution in [0.3, 0.4) is 0 Å². The molecule has 16 heavy (non-hydrogen) atoms. The predicted molar refractivity (Wildman–Crippen MR) is 62.0 cm³/mol. The third-order valence-electron chi connectivity index (χ3n) is 3.52. The van der Waals surface area contributed by atoms with Gasteiger partial charge in [-0.05, 0) is 18.8 Å². The maximum atomic E-state index is 8.71. The molecule has 0 unspecified atom stereocenters. The monoisotopic (exact) mass is 224 g/mol. The molecule has 1 spiro atoms. The van der Waals surface area contributed by atoms with Crippen LogP contribution in [0.2, 0.25) is 0 Å². The van der Waals surface area contributed by atoms with Crippen LogP contribution in [0.5, 0.6) is 0 Å². The number of hydrogen-bond donors (Lipinski definition) is 1. The lowest BCUT2D eigenvalue weighted by Crippen LogP contribution is -2.35. The van der Waals surface area contributed by atoms with Gasteiger partial charge in [0.25, 0.3) is 0 Å². The van der Waals surface area contributed by atoms with Gasteiger partial charge in [0, 0.05) is 12.8 Å². The summed E-state index contributed by atoms with van der Waals surface area (Å²) >= 11 is 0. The molecule has 0 bridgehead atoms. The molecule has 1 aliphatic heterocycles. The number of aliphatic hydroxyl groups is 1. The van der Waals surface area contributed by atoms with Crippen molar-refractivity contribution >= 4 is 0 Å². The number of ether oxygens (including phenoxy) is 2. The summed E-state index contributed by atoms with van der Waals surface area (Å²) in [6.45, 7) is 5.60. The maximum absolute atomic E-state index is 8.71. The van der Waals surface area contributed by atoms with Gasteiger partial charge in [-0.1, -0.05) is 24.3 Å². The Bertz CT molecular complexity index is 267. The SMILES string of the molecule is C=C(/C=C/CO)C1CCC2(CC1)OCCO2. The summed E-state index contributed by atoms with van der Waals surface area (Å²) in [5.74, 6) is 0.235. The molecule has 3 heteroatoms. The summed E-state index contributed by atoms with van der Waals surface area (Å²) in [5.41, 5.74) is 1.11. The van der Waals surface area contributed by atoms with Gasteiger partial charge in [-0.2, -0.15) is 0 Å².